The van der Waals surface area contributed by atoms with E-state index in [4.69, 9.17) is 40.2 Å². The Labute approximate surface area is 159 Å². The molecule has 1 N–H and O–H groups in total. The molecular formula is C15H13Cl3N6O. The maximum atomic E-state index is 12.5. The number of hydrogen-bond acceptors (Lipinski definition) is 6. The molecule has 10 heteroatoms. The standard InChI is InChI=1S/C15H13Cl3N6O/c1-23(2)14-20-13(18)21-15(22-14)24-6-10(25)11(12(24)19)7-3-4-8(16)9(17)5-7/h3-5,11,19H,6H2,1-2H3. The number of benzene rings is 1. The molecule has 1 saturated heterocycles. The van der Waals surface area contributed by atoms with Gasteiger partial charge in [0.05, 0.1) is 16.6 Å². The lowest BCUT2D eigenvalue weighted by molar-refractivity contribution is -0.116. The van der Waals surface area contributed by atoms with Gasteiger partial charge in [-0.3, -0.25) is 15.1 Å². The third kappa shape index (κ3) is 3.40. The van der Waals surface area contributed by atoms with Crippen LogP contribution in [0.25, 0.3) is 0 Å². The zero-order chi connectivity index (χ0) is 18.3. The molecule has 2 aromatic rings. The molecule has 1 aliphatic rings. The number of ketones is 1. The molecule has 1 aliphatic heterocycles. The minimum atomic E-state index is -0.756. The molecule has 2 heterocycles. The number of Topliss-reactive ketones (excluding diaryl/α,β-unsaturated/α-hetero) is 1. The van der Waals surface area contributed by atoms with E-state index in [0.717, 1.165) is 0 Å². The fourth-order valence-electron chi connectivity index (χ4n) is 2.50. The van der Waals surface area contributed by atoms with Crippen LogP contribution in [0.15, 0.2) is 18.2 Å². The molecule has 1 aromatic carbocycles. The van der Waals surface area contributed by atoms with Crippen LogP contribution in [0.4, 0.5) is 11.9 Å². The van der Waals surface area contributed by atoms with Gasteiger partial charge in [-0.1, -0.05) is 29.3 Å². The van der Waals surface area contributed by atoms with Crippen molar-refractivity contribution in [1.82, 2.24) is 15.0 Å². The van der Waals surface area contributed by atoms with Crippen LogP contribution in [0.3, 0.4) is 0 Å². The molecule has 0 aliphatic carbocycles. The predicted molar refractivity (Wildman–Crippen MR) is 98.4 cm³/mol. The van der Waals surface area contributed by atoms with E-state index in [2.05, 4.69) is 15.0 Å². The first-order chi connectivity index (χ1) is 11.8. The predicted octanol–water partition coefficient (Wildman–Crippen LogP) is 3.05. The van der Waals surface area contributed by atoms with E-state index in [-0.39, 0.29) is 29.4 Å². The fraction of sp³-hybridized carbons (Fsp3) is 0.267. The first-order valence-corrected chi connectivity index (χ1v) is 8.34. The van der Waals surface area contributed by atoms with Gasteiger partial charge in [-0.25, -0.2) is 0 Å². The first kappa shape index (κ1) is 17.8. The Morgan fingerprint density at radius 2 is 1.88 bits per heavy atom. The van der Waals surface area contributed by atoms with Gasteiger partial charge < -0.3 is 4.90 Å². The van der Waals surface area contributed by atoms with Crippen LogP contribution in [-0.4, -0.2) is 47.2 Å². The molecular weight excluding hydrogens is 387 g/mol. The molecule has 1 aromatic heterocycles. The van der Waals surface area contributed by atoms with Crippen molar-refractivity contribution in [2.45, 2.75) is 5.92 Å². The monoisotopic (exact) mass is 398 g/mol. The van der Waals surface area contributed by atoms with Gasteiger partial charge in [0.15, 0.2) is 5.78 Å². The van der Waals surface area contributed by atoms with Crippen LogP contribution in [0.5, 0.6) is 0 Å². The van der Waals surface area contributed by atoms with Gasteiger partial charge in [0.25, 0.3) is 0 Å². The SMILES string of the molecule is CN(C)c1nc(Cl)nc(N2CC(=O)C(c3ccc(Cl)c(Cl)c3)C2=N)n1. The molecule has 0 saturated carbocycles. The highest BCUT2D eigenvalue weighted by atomic mass is 35.5. The maximum absolute atomic E-state index is 12.5. The van der Waals surface area contributed by atoms with Crippen molar-refractivity contribution in [3.63, 3.8) is 0 Å². The summed E-state index contributed by atoms with van der Waals surface area (Å²) in [6.07, 6.45) is 0. The summed E-state index contributed by atoms with van der Waals surface area (Å²) in [5.41, 5.74) is 0.597. The second kappa shape index (κ2) is 6.74. The number of hydrogen-bond donors (Lipinski definition) is 1. The zero-order valence-corrected chi connectivity index (χ0v) is 15.6. The summed E-state index contributed by atoms with van der Waals surface area (Å²) in [5, 5.41) is 9.12. The van der Waals surface area contributed by atoms with Crippen molar-refractivity contribution in [2.75, 3.05) is 30.4 Å². The quantitative estimate of drug-likeness (QED) is 0.853. The summed E-state index contributed by atoms with van der Waals surface area (Å²) in [6, 6.07) is 4.88. The van der Waals surface area contributed by atoms with E-state index in [9.17, 15) is 4.79 Å². The maximum Gasteiger partial charge on any atom is 0.237 e. The molecule has 0 spiro atoms. The van der Waals surface area contributed by atoms with Gasteiger partial charge in [-0.2, -0.15) is 15.0 Å². The topological polar surface area (TPSA) is 86.1 Å². The highest BCUT2D eigenvalue weighted by Crippen LogP contribution is 2.32. The van der Waals surface area contributed by atoms with Crippen LogP contribution >= 0.6 is 34.8 Å². The Balaban J connectivity index is 1.97. The van der Waals surface area contributed by atoms with E-state index in [1.54, 1.807) is 37.2 Å². The van der Waals surface area contributed by atoms with Crippen molar-refractivity contribution in [1.29, 1.82) is 5.41 Å². The Morgan fingerprint density at radius 3 is 2.52 bits per heavy atom. The number of nitrogens with one attached hydrogen (secondary N) is 1. The molecule has 1 fully saturated rings. The van der Waals surface area contributed by atoms with E-state index >= 15 is 0 Å². The highest BCUT2D eigenvalue weighted by Gasteiger charge is 2.39. The molecule has 7 nitrogen and oxygen atoms in total. The first-order valence-electron chi connectivity index (χ1n) is 7.20. The van der Waals surface area contributed by atoms with E-state index < -0.39 is 5.92 Å². The number of aromatic nitrogens is 3. The number of amidine groups is 1. The highest BCUT2D eigenvalue weighted by molar-refractivity contribution is 6.42. The van der Waals surface area contributed by atoms with Crippen LogP contribution < -0.4 is 9.80 Å². The lowest BCUT2D eigenvalue weighted by atomic mass is 9.96. The van der Waals surface area contributed by atoms with Crippen LogP contribution in [0.2, 0.25) is 15.3 Å². The summed E-state index contributed by atoms with van der Waals surface area (Å²) in [4.78, 5) is 27.9. The Bertz CT molecular complexity index is 872. The Kier molecular flexibility index (Phi) is 4.81. The summed E-state index contributed by atoms with van der Waals surface area (Å²) in [6.45, 7) is -0.0308. The molecule has 1 unspecified atom stereocenters. The van der Waals surface area contributed by atoms with Crippen molar-refractivity contribution in [2.24, 2.45) is 0 Å². The third-order valence-corrected chi connectivity index (χ3v) is 4.61. The Morgan fingerprint density at radius 1 is 1.16 bits per heavy atom. The molecule has 0 bridgehead atoms. The number of halogens is 3. The lowest BCUT2D eigenvalue weighted by Gasteiger charge is -2.18. The van der Waals surface area contributed by atoms with Gasteiger partial charge in [0.2, 0.25) is 17.2 Å². The molecule has 130 valence electrons. The van der Waals surface area contributed by atoms with E-state index in [0.29, 0.717) is 21.6 Å². The summed E-state index contributed by atoms with van der Waals surface area (Å²) < 4.78 is 0. The van der Waals surface area contributed by atoms with Crippen LogP contribution in [0.1, 0.15) is 11.5 Å². The van der Waals surface area contributed by atoms with Gasteiger partial charge >= 0.3 is 0 Å². The van der Waals surface area contributed by atoms with Crippen molar-refractivity contribution in [3.8, 4) is 0 Å². The lowest BCUT2D eigenvalue weighted by Crippen LogP contribution is -2.29. The second-order valence-corrected chi connectivity index (χ2v) is 6.80. The minimum Gasteiger partial charge on any atom is -0.347 e. The normalized spacial score (nSPS) is 17.3. The average Bonchev–Trinajstić information content (AvgIpc) is 2.84. The van der Waals surface area contributed by atoms with Gasteiger partial charge in [-0.15, -0.1) is 0 Å². The molecule has 25 heavy (non-hydrogen) atoms. The number of carbonyl (C=O) groups excluding carboxylic acids is 1. The van der Waals surface area contributed by atoms with Crippen molar-refractivity contribution >= 4 is 58.3 Å². The molecule has 1 atom stereocenters. The number of nitrogens with zero attached hydrogens (tertiary/aromatic N) is 5. The largest absolute Gasteiger partial charge is 0.347 e. The number of carbonyl (C=O) groups is 1. The zero-order valence-electron chi connectivity index (χ0n) is 13.3. The summed E-state index contributed by atoms with van der Waals surface area (Å²) in [7, 11) is 3.52. The summed E-state index contributed by atoms with van der Waals surface area (Å²) in [5.74, 6) is -0.368. The van der Waals surface area contributed by atoms with Gasteiger partial charge in [0.1, 0.15) is 11.8 Å². The fourth-order valence-corrected chi connectivity index (χ4v) is 2.96. The molecule has 0 amide bonds. The van der Waals surface area contributed by atoms with Crippen LogP contribution in [-0.2, 0) is 4.79 Å². The number of rotatable bonds is 3. The van der Waals surface area contributed by atoms with Crippen molar-refractivity contribution < 1.29 is 4.79 Å². The van der Waals surface area contributed by atoms with Gasteiger partial charge in [0, 0.05) is 14.1 Å². The van der Waals surface area contributed by atoms with E-state index in [1.807, 2.05) is 0 Å². The molecule has 3 rings (SSSR count). The summed E-state index contributed by atoms with van der Waals surface area (Å²) >= 11 is 17.9. The van der Waals surface area contributed by atoms with Gasteiger partial charge in [-0.05, 0) is 29.3 Å². The van der Waals surface area contributed by atoms with Crippen LogP contribution in [0, 0.1) is 5.41 Å². The third-order valence-electron chi connectivity index (χ3n) is 3.70. The van der Waals surface area contributed by atoms with Crippen molar-refractivity contribution in [3.05, 3.63) is 39.1 Å². The minimum absolute atomic E-state index is 0.00747. The smallest absolute Gasteiger partial charge is 0.237 e. The second-order valence-electron chi connectivity index (χ2n) is 5.64. The average molecular weight is 400 g/mol. The molecule has 0 radical (unpaired) electrons. The van der Waals surface area contributed by atoms with E-state index in [1.165, 1.54) is 4.90 Å². The number of anilines is 2. The Hall–Kier alpha value is -1.96.